The predicted molar refractivity (Wildman–Crippen MR) is 71.7 cm³/mol. The standard InChI is InChI=1S/C13H13N3O4/c1-8-6-11(20-16-8)15-13(19)14-10-4-2-9(3-5-10)7-12(17)18/h2-6H,7H2,1H3,(H,17,18)(H2,14,15,19). The van der Waals surface area contributed by atoms with E-state index in [0.717, 1.165) is 0 Å². The minimum Gasteiger partial charge on any atom is -0.481 e. The number of carboxylic acids is 1. The number of amides is 2. The van der Waals surface area contributed by atoms with Crippen LogP contribution in [0.1, 0.15) is 11.3 Å². The number of aliphatic carboxylic acids is 1. The average Bonchev–Trinajstić information content (AvgIpc) is 2.76. The van der Waals surface area contributed by atoms with Crippen molar-refractivity contribution in [3.63, 3.8) is 0 Å². The van der Waals surface area contributed by atoms with Gasteiger partial charge in [0.2, 0.25) is 5.88 Å². The van der Waals surface area contributed by atoms with Gasteiger partial charge in [-0.05, 0) is 24.6 Å². The second-order valence-electron chi connectivity index (χ2n) is 4.18. The minimum absolute atomic E-state index is 0.0518. The molecule has 0 saturated carbocycles. The van der Waals surface area contributed by atoms with Gasteiger partial charge >= 0.3 is 12.0 Å². The third-order valence-corrected chi connectivity index (χ3v) is 2.43. The molecule has 0 saturated heterocycles. The fraction of sp³-hybridized carbons (Fsp3) is 0.154. The van der Waals surface area contributed by atoms with Crippen molar-refractivity contribution < 1.29 is 19.2 Å². The summed E-state index contributed by atoms with van der Waals surface area (Å²) in [6, 6.07) is 7.67. The molecule has 2 aromatic rings. The minimum atomic E-state index is -0.899. The van der Waals surface area contributed by atoms with E-state index in [9.17, 15) is 9.59 Å². The quantitative estimate of drug-likeness (QED) is 0.793. The molecule has 0 aliphatic rings. The van der Waals surface area contributed by atoms with Crippen molar-refractivity contribution in [1.82, 2.24) is 5.16 Å². The summed E-state index contributed by atoms with van der Waals surface area (Å²) in [6.07, 6.45) is -0.0518. The lowest BCUT2D eigenvalue weighted by Crippen LogP contribution is -2.19. The normalized spacial score (nSPS) is 10.1. The molecule has 0 spiro atoms. The summed E-state index contributed by atoms with van der Waals surface area (Å²) < 4.78 is 4.85. The number of benzene rings is 1. The van der Waals surface area contributed by atoms with Crippen molar-refractivity contribution in [2.24, 2.45) is 0 Å². The number of rotatable bonds is 4. The van der Waals surface area contributed by atoms with E-state index in [4.69, 9.17) is 9.63 Å². The molecule has 1 aromatic heterocycles. The number of hydrogen-bond acceptors (Lipinski definition) is 4. The van der Waals surface area contributed by atoms with Gasteiger partial charge in [0.15, 0.2) is 0 Å². The van der Waals surface area contributed by atoms with Crippen LogP contribution < -0.4 is 10.6 Å². The third-order valence-electron chi connectivity index (χ3n) is 2.43. The van der Waals surface area contributed by atoms with Crippen LogP contribution in [0.4, 0.5) is 16.4 Å². The smallest absolute Gasteiger partial charge is 0.326 e. The van der Waals surface area contributed by atoms with E-state index in [1.807, 2.05) is 0 Å². The topological polar surface area (TPSA) is 104 Å². The van der Waals surface area contributed by atoms with E-state index in [0.29, 0.717) is 16.9 Å². The predicted octanol–water partition coefficient (Wildman–Crippen LogP) is 2.25. The van der Waals surface area contributed by atoms with E-state index in [1.165, 1.54) is 0 Å². The molecule has 20 heavy (non-hydrogen) atoms. The SMILES string of the molecule is Cc1cc(NC(=O)Nc2ccc(CC(=O)O)cc2)on1. The summed E-state index contributed by atoms with van der Waals surface area (Å²) in [6.45, 7) is 1.74. The van der Waals surface area contributed by atoms with Crippen molar-refractivity contribution in [3.05, 3.63) is 41.6 Å². The fourth-order valence-electron chi connectivity index (χ4n) is 1.58. The van der Waals surface area contributed by atoms with Gasteiger partial charge in [-0.25, -0.2) is 4.79 Å². The molecule has 1 aromatic carbocycles. The Kier molecular flexibility index (Phi) is 3.99. The van der Waals surface area contributed by atoms with Gasteiger partial charge in [0.05, 0.1) is 12.1 Å². The van der Waals surface area contributed by atoms with Crippen LogP contribution in [0.5, 0.6) is 0 Å². The Balaban J connectivity index is 1.92. The maximum Gasteiger partial charge on any atom is 0.326 e. The molecule has 7 heteroatoms. The zero-order valence-corrected chi connectivity index (χ0v) is 10.7. The number of anilines is 2. The highest BCUT2D eigenvalue weighted by atomic mass is 16.5. The van der Waals surface area contributed by atoms with Crippen LogP contribution in [-0.4, -0.2) is 22.3 Å². The van der Waals surface area contributed by atoms with Gasteiger partial charge < -0.3 is 14.9 Å². The molecule has 0 fully saturated rings. The molecule has 1 heterocycles. The van der Waals surface area contributed by atoms with Crippen molar-refractivity contribution in [2.45, 2.75) is 13.3 Å². The molecule has 104 valence electrons. The van der Waals surface area contributed by atoms with E-state index in [-0.39, 0.29) is 12.3 Å². The molecule has 7 nitrogen and oxygen atoms in total. The number of aryl methyl sites for hydroxylation is 1. The molecule has 2 rings (SSSR count). The summed E-state index contributed by atoms with van der Waals surface area (Å²) in [5.41, 5.74) is 1.88. The maximum atomic E-state index is 11.6. The lowest BCUT2D eigenvalue weighted by molar-refractivity contribution is -0.136. The number of hydrogen-bond donors (Lipinski definition) is 3. The van der Waals surface area contributed by atoms with Gasteiger partial charge in [-0.1, -0.05) is 17.3 Å². The average molecular weight is 275 g/mol. The zero-order chi connectivity index (χ0) is 14.5. The Labute approximate surface area is 114 Å². The lowest BCUT2D eigenvalue weighted by Gasteiger charge is -2.05. The molecule has 0 atom stereocenters. The number of carbonyl (C=O) groups excluding carboxylic acids is 1. The van der Waals surface area contributed by atoms with Gasteiger partial charge in [-0.3, -0.25) is 10.1 Å². The Bertz CT molecular complexity index is 619. The van der Waals surface area contributed by atoms with Crippen molar-refractivity contribution >= 4 is 23.6 Å². The summed E-state index contributed by atoms with van der Waals surface area (Å²) in [5, 5.41) is 17.4. The van der Waals surface area contributed by atoms with Crippen LogP contribution in [0.25, 0.3) is 0 Å². The number of nitrogens with zero attached hydrogens (tertiary/aromatic N) is 1. The lowest BCUT2D eigenvalue weighted by atomic mass is 10.1. The summed E-state index contributed by atoms with van der Waals surface area (Å²) >= 11 is 0. The van der Waals surface area contributed by atoms with Gasteiger partial charge in [0.25, 0.3) is 0 Å². The highest BCUT2D eigenvalue weighted by Gasteiger charge is 2.07. The van der Waals surface area contributed by atoms with E-state index in [2.05, 4.69) is 15.8 Å². The molecular formula is C13H13N3O4. The monoisotopic (exact) mass is 275 g/mol. The van der Waals surface area contributed by atoms with E-state index >= 15 is 0 Å². The number of carbonyl (C=O) groups is 2. The molecule has 2 amide bonds. The van der Waals surface area contributed by atoms with Crippen molar-refractivity contribution in [2.75, 3.05) is 10.6 Å². The first kappa shape index (κ1) is 13.6. The first-order valence-electron chi connectivity index (χ1n) is 5.85. The maximum absolute atomic E-state index is 11.6. The van der Waals surface area contributed by atoms with Gasteiger partial charge in [-0.2, -0.15) is 0 Å². The van der Waals surface area contributed by atoms with Gasteiger partial charge in [0, 0.05) is 11.8 Å². The molecular weight excluding hydrogens is 262 g/mol. The van der Waals surface area contributed by atoms with Crippen LogP contribution in [-0.2, 0) is 11.2 Å². The number of nitrogens with one attached hydrogen (secondary N) is 2. The number of aromatic nitrogens is 1. The van der Waals surface area contributed by atoms with E-state index < -0.39 is 12.0 Å². The number of urea groups is 1. The first-order valence-corrected chi connectivity index (χ1v) is 5.85. The van der Waals surface area contributed by atoms with Crippen LogP contribution in [0.15, 0.2) is 34.9 Å². The molecule has 0 aliphatic carbocycles. The highest BCUT2D eigenvalue weighted by molar-refractivity contribution is 5.98. The molecule has 0 radical (unpaired) electrons. The van der Waals surface area contributed by atoms with Crippen LogP contribution >= 0.6 is 0 Å². The second kappa shape index (κ2) is 5.87. The van der Waals surface area contributed by atoms with Crippen LogP contribution in [0.2, 0.25) is 0 Å². The summed E-state index contributed by atoms with van der Waals surface area (Å²) in [5.74, 6) is -0.647. The second-order valence-corrected chi connectivity index (χ2v) is 4.18. The molecule has 3 N–H and O–H groups in total. The molecule has 0 bridgehead atoms. The largest absolute Gasteiger partial charge is 0.481 e. The Morgan fingerprint density at radius 3 is 2.50 bits per heavy atom. The number of carboxylic acid groups (broad SMARTS) is 1. The zero-order valence-electron chi connectivity index (χ0n) is 10.7. The first-order chi connectivity index (χ1) is 9.52. The third kappa shape index (κ3) is 3.84. The van der Waals surface area contributed by atoms with E-state index in [1.54, 1.807) is 37.3 Å². The van der Waals surface area contributed by atoms with Gasteiger partial charge in [0.1, 0.15) is 0 Å². The van der Waals surface area contributed by atoms with Crippen LogP contribution in [0.3, 0.4) is 0 Å². The highest BCUT2D eigenvalue weighted by Crippen LogP contribution is 2.12. The van der Waals surface area contributed by atoms with Crippen molar-refractivity contribution in [1.29, 1.82) is 0 Å². The fourth-order valence-corrected chi connectivity index (χ4v) is 1.58. The molecule has 0 aliphatic heterocycles. The summed E-state index contributed by atoms with van der Waals surface area (Å²) in [4.78, 5) is 22.2. The summed E-state index contributed by atoms with van der Waals surface area (Å²) in [7, 11) is 0. The van der Waals surface area contributed by atoms with Crippen LogP contribution in [0, 0.1) is 6.92 Å². The van der Waals surface area contributed by atoms with Gasteiger partial charge in [-0.15, -0.1) is 0 Å². The Hall–Kier alpha value is -2.83. The van der Waals surface area contributed by atoms with Crippen molar-refractivity contribution in [3.8, 4) is 0 Å². The molecule has 0 unspecified atom stereocenters. The Morgan fingerprint density at radius 1 is 1.25 bits per heavy atom. The Morgan fingerprint density at radius 2 is 1.95 bits per heavy atom.